The molecular weight excluding hydrogens is 437 g/mol. The van der Waals surface area contributed by atoms with Gasteiger partial charge >= 0.3 is 6.18 Å². The number of rotatable bonds is 5. The lowest BCUT2D eigenvalue weighted by Gasteiger charge is -2.18. The van der Waals surface area contributed by atoms with E-state index in [1.807, 2.05) is 0 Å². The number of nitrogens with one attached hydrogen (secondary N) is 1. The van der Waals surface area contributed by atoms with Crippen LogP contribution in [0.5, 0.6) is 0 Å². The summed E-state index contributed by atoms with van der Waals surface area (Å²) in [5.41, 5.74) is -0.321. The number of sulfonamides is 1. The third-order valence-corrected chi connectivity index (χ3v) is 6.78. The Labute approximate surface area is 167 Å². The Morgan fingerprint density at radius 1 is 1.11 bits per heavy atom. The van der Waals surface area contributed by atoms with E-state index >= 15 is 0 Å². The van der Waals surface area contributed by atoms with Gasteiger partial charge in [0.15, 0.2) is 10.3 Å². The second-order valence-corrected chi connectivity index (χ2v) is 9.00. The van der Waals surface area contributed by atoms with Gasteiger partial charge in [0.1, 0.15) is 5.01 Å². The van der Waals surface area contributed by atoms with Gasteiger partial charge in [-0.2, -0.15) is 13.2 Å². The fourth-order valence-corrected chi connectivity index (χ4v) is 4.66. The van der Waals surface area contributed by atoms with Gasteiger partial charge in [-0.1, -0.05) is 41.9 Å². The van der Waals surface area contributed by atoms with E-state index in [-0.39, 0.29) is 9.90 Å². The predicted octanol–water partition coefficient (Wildman–Crippen LogP) is 4.86. The third kappa shape index (κ3) is 4.46. The van der Waals surface area contributed by atoms with Crippen LogP contribution in [0.2, 0.25) is 5.02 Å². The molecular formula is C17H12ClF3N2O3S2. The van der Waals surface area contributed by atoms with E-state index in [1.165, 1.54) is 12.1 Å². The van der Waals surface area contributed by atoms with E-state index in [1.54, 1.807) is 24.3 Å². The molecule has 0 spiro atoms. The maximum Gasteiger partial charge on any atom is 0.418 e. The first-order chi connectivity index (χ1) is 13.1. The quantitative estimate of drug-likeness (QED) is 0.584. The molecule has 0 bridgehead atoms. The number of thiazole rings is 1. The standard InChI is InChI=1S/C17H12ClF3N2O3S2/c18-11-7-5-10(6-8-11)16-22-9-14(27-16)28(25,26)23-13-4-2-1-3-12(13)15(24)17(19,20)21/h1-9,15,23-24H. The lowest BCUT2D eigenvalue weighted by molar-refractivity contribution is -0.206. The van der Waals surface area contributed by atoms with Gasteiger partial charge in [0.2, 0.25) is 0 Å². The van der Waals surface area contributed by atoms with Crippen LogP contribution in [0.4, 0.5) is 18.9 Å². The molecule has 1 atom stereocenters. The molecule has 0 aliphatic carbocycles. The van der Waals surface area contributed by atoms with Gasteiger partial charge in [-0.25, -0.2) is 13.4 Å². The van der Waals surface area contributed by atoms with Crippen molar-refractivity contribution in [2.75, 3.05) is 4.72 Å². The summed E-state index contributed by atoms with van der Waals surface area (Å²) in [4.78, 5) is 4.05. The summed E-state index contributed by atoms with van der Waals surface area (Å²) in [6.07, 6.45) is -6.65. The van der Waals surface area contributed by atoms with Crippen LogP contribution in [0.25, 0.3) is 10.6 Å². The van der Waals surface area contributed by atoms with Crippen molar-refractivity contribution in [3.63, 3.8) is 0 Å². The molecule has 11 heteroatoms. The number of hydrogen-bond donors (Lipinski definition) is 2. The Hall–Kier alpha value is -2.14. The number of aliphatic hydroxyl groups excluding tert-OH is 1. The molecule has 1 unspecified atom stereocenters. The monoisotopic (exact) mass is 448 g/mol. The van der Waals surface area contributed by atoms with Crippen molar-refractivity contribution in [3.05, 3.63) is 65.3 Å². The molecule has 3 rings (SSSR count). The molecule has 1 heterocycles. The van der Waals surface area contributed by atoms with Gasteiger partial charge in [0.25, 0.3) is 10.0 Å². The molecule has 5 nitrogen and oxygen atoms in total. The minimum atomic E-state index is -4.94. The summed E-state index contributed by atoms with van der Waals surface area (Å²) in [6.45, 7) is 0. The SMILES string of the molecule is O=S(=O)(Nc1ccccc1C(O)C(F)(F)F)c1cnc(-c2ccc(Cl)cc2)s1. The van der Waals surface area contributed by atoms with Crippen molar-refractivity contribution >= 4 is 38.6 Å². The molecule has 2 N–H and O–H groups in total. The molecule has 3 aromatic rings. The lowest BCUT2D eigenvalue weighted by atomic mass is 10.1. The summed E-state index contributed by atoms with van der Waals surface area (Å²) in [5.74, 6) is 0. The second-order valence-electron chi connectivity index (χ2n) is 5.63. The summed E-state index contributed by atoms with van der Waals surface area (Å²) in [6, 6.07) is 11.4. The number of alkyl halides is 3. The van der Waals surface area contributed by atoms with Gasteiger partial charge in [-0.05, 0) is 18.2 Å². The molecule has 28 heavy (non-hydrogen) atoms. The molecule has 148 valence electrons. The van der Waals surface area contributed by atoms with Crippen LogP contribution >= 0.6 is 22.9 Å². The highest BCUT2D eigenvalue weighted by molar-refractivity contribution is 7.94. The van der Waals surface area contributed by atoms with Crippen molar-refractivity contribution in [2.45, 2.75) is 16.5 Å². The van der Waals surface area contributed by atoms with Gasteiger partial charge in [-0.3, -0.25) is 4.72 Å². The van der Waals surface area contributed by atoms with E-state index in [9.17, 15) is 26.7 Å². The van der Waals surface area contributed by atoms with Gasteiger partial charge in [0, 0.05) is 16.1 Å². The molecule has 0 amide bonds. The Bertz CT molecular complexity index is 1080. The fourth-order valence-electron chi connectivity index (χ4n) is 2.31. The van der Waals surface area contributed by atoms with Crippen molar-refractivity contribution in [2.24, 2.45) is 0 Å². The lowest BCUT2D eigenvalue weighted by Crippen LogP contribution is -2.22. The summed E-state index contributed by atoms with van der Waals surface area (Å²) in [5, 5.41) is 10.4. The van der Waals surface area contributed by atoms with Gasteiger partial charge < -0.3 is 5.11 Å². The topological polar surface area (TPSA) is 79.3 Å². The molecule has 0 radical (unpaired) electrons. The minimum Gasteiger partial charge on any atom is -0.379 e. The molecule has 0 saturated carbocycles. The van der Waals surface area contributed by atoms with Crippen molar-refractivity contribution in [3.8, 4) is 10.6 Å². The first-order valence-corrected chi connectivity index (χ1v) is 10.3. The smallest absolute Gasteiger partial charge is 0.379 e. The minimum absolute atomic E-state index is 0.186. The van der Waals surface area contributed by atoms with E-state index in [2.05, 4.69) is 9.71 Å². The first-order valence-electron chi connectivity index (χ1n) is 7.66. The van der Waals surface area contributed by atoms with Crippen LogP contribution in [0, 0.1) is 0 Å². The molecule has 2 aromatic carbocycles. The second kappa shape index (κ2) is 7.70. The Kier molecular flexibility index (Phi) is 5.67. The maximum absolute atomic E-state index is 12.8. The third-order valence-electron chi connectivity index (χ3n) is 3.65. The van der Waals surface area contributed by atoms with E-state index in [0.717, 1.165) is 29.7 Å². The normalized spacial score (nSPS) is 13.3. The Morgan fingerprint density at radius 3 is 2.39 bits per heavy atom. The van der Waals surface area contributed by atoms with E-state index in [0.29, 0.717) is 15.6 Å². The van der Waals surface area contributed by atoms with Crippen LogP contribution < -0.4 is 4.72 Å². The zero-order valence-electron chi connectivity index (χ0n) is 13.8. The summed E-state index contributed by atoms with van der Waals surface area (Å²) in [7, 11) is -4.21. The molecule has 0 saturated heterocycles. The number of aromatic nitrogens is 1. The number of benzene rings is 2. The van der Waals surface area contributed by atoms with Crippen LogP contribution in [0.15, 0.2) is 58.9 Å². The number of para-hydroxylation sites is 1. The van der Waals surface area contributed by atoms with Crippen LogP contribution in [0.3, 0.4) is 0 Å². The largest absolute Gasteiger partial charge is 0.418 e. The number of anilines is 1. The summed E-state index contributed by atoms with van der Waals surface area (Å²) >= 11 is 6.66. The van der Waals surface area contributed by atoms with Gasteiger partial charge in [-0.15, -0.1) is 11.3 Å². The van der Waals surface area contributed by atoms with Crippen molar-refractivity contribution < 1.29 is 26.7 Å². The number of nitrogens with zero attached hydrogens (tertiary/aromatic N) is 1. The van der Waals surface area contributed by atoms with Crippen LogP contribution in [0.1, 0.15) is 11.7 Å². The molecule has 1 aromatic heterocycles. The highest BCUT2D eigenvalue weighted by Crippen LogP contribution is 2.37. The molecule has 0 aliphatic rings. The average Bonchev–Trinajstić information content (AvgIpc) is 3.12. The Morgan fingerprint density at radius 2 is 1.75 bits per heavy atom. The molecule has 0 fully saturated rings. The van der Waals surface area contributed by atoms with Crippen molar-refractivity contribution in [1.29, 1.82) is 0 Å². The van der Waals surface area contributed by atoms with Gasteiger partial charge in [0.05, 0.1) is 11.9 Å². The zero-order valence-corrected chi connectivity index (χ0v) is 16.2. The first kappa shape index (κ1) is 20.6. The molecule has 0 aliphatic heterocycles. The highest BCUT2D eigenvalue weighted by Gasteiger charge is 2.40. The zero-order chi connectivity index (χ0) is 20.5. The number of hydrogen-bond acceptors (Lipinski definition) is 5. The predicted molar refractivity (Wildman–Crippen MR) is 101 cm³/mol. The van der Waals surface area contributed by atoms with Crippen LogP contribution in [-0.2, 0) is 10.0 Å². The Balaban J connectivity index is 1.91. The average molecular weight is 449 g/mol. The van der Waals surface area contributed by atoms with E-state index in [4.69, 9.17) is 11.6 Å². The fraction of sp³-hybridized carbons (Fsp3) is 0.118. The number of halogens is 4. The number of aliphatic hydroxyl groups is 1. The summed E-state index contributed by atoms with van der Waals surface area (Å²) < 4.78 is 65.6. The highest BCUT2D eigenvalue weighted by atomic mass is 35.5. The van der Waals surface area contributed by atoms with E-state index < -0.39 is 27.9 Å². The maximum atomic E-state index is 12.8. The van der Waals surface area contributed by atoms with Crippen LogP contribution in [-0.4, -0.2) is 24.7 Å². The van der Waals surface area contributed by atoms with Crippen molar-refractivity contribution in [1.82, 2.24) is 4.98 Å².